The monoisotopic (exact) mass is 227 g/mol. The number of amides is 1. The summed E-state index contributed by atoms with van der Waals surface area (Å²) in [7, 11) is 0. The molecule has 16 heavy (non-hydrogen) atoms. The summed E-state index contributed by atoms with van der Waals surface area (Å²) < 4.78 is 0. The van der Waals surface area contributed by atoms with Gasteiger partial charge in [0, 0.05) is 18.1 Å². The molecule has 1 rings (SSSR count). The molecule has 4 unspecified atom stereocenters. The molecule has 0 aromatic rings. The van der Waals surface area contributed by atoms with Crippen molar-refractivity contribution < 1.29 is 4.79 Å². The van der Waals surface area contributed by atoms with Gasteiger partial charge in [0.2, 0.25) is 5.91 Å². The number of likely N-dealkylation sites (tertiary alicyclic amines) is 1. The number of nitrogens with one attached hydrogen (secondary N) is 1. The van der Waals surface area contributed by atoms with E-state index in [1.54, 1.807) is 0 Å². The molecular formula is C12H25N3O. The van der Waals surface area contributed by atoms with Crippen LogP contribution in [0.4, 0.5) is 0 Å². The molecule has 4 nitrogen and oxygen atoms in total. The number of hydrazine groups is 1. The number of carbonyl (C=O) groups is 1. The summed E-state index contributed by atoms with van der Waals surface area (Å²) in [5.74, 6) is 5.07. The Kier molecular flexibility index (Phi) is 4.74. The van der Waals surface area contributed by atoms with E-state index in [-0.39, 0.29) is 17.9 Å². The van der Waals surface area contributed by atoms with Gasteiger partial charge in [-0.2, -0.15) is 0 Å². The van der Waals surface area contributed by atoms with Crippen LogP contribution in [-0.4, -0.2) is 28.9 Å². The van der Waals surface area contributed by atoms with Gasteiger partial charge in [-0.3, -0.25) is 15.1 Å². The SMILES string of the molecule is CCC1CCC(C)N1C(C)C(C)C(=O)NN. The second kappa shape index (κ2) is 5.64. The van der Waals surface area contributed by atoms with E-state index < -0.39 is 0 Å². The van der Waals surface area contributed by atoms with E-state index in [0.29, 0.717) is 12.1 Å². The van der Waals surface area contributed by atoms with Crippen molar-refractivity contribution in [2.24, 2.45) is 11.8 Å². The molecule has 1 amide bonds. The van der Waals surface area contributed by atoms with E-state index >= 15 is 0 Å². The Morgan fingerprint density at radius 2 is 2.12 bits per heavy atom. The second-order valence-corrected chi connectivity index (χ2v) is 4.97. The zero-order valence-corrected chi connectivity index (χ0v) is 10.9. The number of rotatable bonds is 4. The lowest BCUT2D eigenvalue weighted by Gasteiger charge is -2.36. The average molecular weight is 227 g/mol. The third-order valence-corrected chi connectivity index (χ3v) is 4.07. The molecule has 0 spiro atoms. The van der Waals surface area contributed by atoms with Gasteiger partial charge in [-0.05, 0) is 33.1 Å². The Morgan fingerprint density at radius 3 is 2.62 bits per heavy atom. The summed E-state index contributed by atoms with van der Waals surface area (Å²) in [4.78, 5) is 14.0. The Hall–Kier alpha value is -0.610. The Labute approximate surface area is 98.5 Å². The van der Waals surface area contributed by atoms with E-state index in [4.69, 9.17) is 5.84 Å². The van der Waals surface area contributed by atoms with Crippen molar-refractivity contribution in [3.05, 3.63) is 0 Å². The summed E-state index contributed by atoms with van der Waals surface area (Å²) >= 11 is 0. The van der Waals surface area contributed by atoms with Crippen LogP contribution in [0, 0.1) is 5.92 Å². The van der Waals surface area contributed by atoms with Crippen molar-refractivity contribution in [2.45, 2.75) is 65.1 Å². The van der Waals surface area contributed by atoms with Gasteiger partial charge in [0.15, 0.2) is 0 Å². The van der Waals surface area contributed by atoms with Crippen LogP contribution in [0.5, 0.6) is 0 Å². The number of nitrogens with zero attached hydrogens (tertiary/aromatic N) is 1. The van der Waals surface area contributed by atoms with Gasteiger partial charge in [0.1, 0.15) is 0 Å². The minimum atomic E-state index is -0.0681. The van der Waals surface area contributed by atoms with E-state index in [2.05, 4.69) is 31.1 Å². The van der Waals surface area contributed by atoms with Gasteiger partial charge >= 0.3 is 0 Å². The summed E-state index contributed by atoms with van der Waals surface area (Å²) in [6.07, 6.45) is 3.64. The fourth-order valence-corrected chi connectivity index (χ4v) is 2.85. The number of nitrogens with two attached hydrogens (primary N) is 1. The first kappa shape index (κ1) is 13.5. The number of hydrogen-bond acceptors (Lipinski definition) is 3. The Balaban J connectivity index is 2.70. The molecule has 1 fully saturated rings. The zero-order valence-electron chi connectivity index (χ0n) is 10.9. The molecule has 94 valence electrons. The third-order valence-electron chi connectivity index (χ3n) is 4.07. The van der Waals surface area contributed by atoms with E-state index in [1.165, 1.54) is 12.8 Å². The van der Waals surface area contributed by atoms with Crippen molar-refractivity contribution in [3.8, 4) is 0 Å². The molecule has 3 N–H and O–H groups in total. The smallest absolute Gasteiger partial charge is 0.238 e. The highest BCUT2D eigenvalue weighted by Crippen LogP contribution is 2.30. The maximum Gasteiger partial charge on any atom is 0.238 e. The highest BCUT2D eigenvalue weighted by molar-refractivity contribution is 5.78. The fourth-order valence-electron chi connectivity index (χ4n) is 2.85. The van der Waals surface area contributed by atoms with E-state index in [9.17, 15) is 4.79 Å². The average Bonchev–Trinajstić information content (AvgIpc) is 2.67. The summed E-state index contributed by atoms with van der Waals surface area (Å²) in [6, 6.07) is 1.46. The third kappa shape index (κ3) is 2.55. The standard InChI is InChI=1S/C12H25N3O/c1-5-11-7-6-8(2)15(11)10(4)9(3)12(16)14-13/h8-11H,5-7,13H2,1-4H3,(H,14,16). The first-order chi connectivity index (χ1) is 7.52. The summed E-state index contributed by atoms with van der Waals surface area (Å²) in [6.45, 7) is 8.55. The van der Waals surface area contributed by atoms with E-state index in [1.807, 2.05) is 6.92 Å². The van der Waals surface area contributed by atoms with Gasteiger partial charge in [-0.1, -0.05) is 13.8 Å². The van der Waals surface area contributed by atoms with Crippen LogP contribution in [0.2, 0.25) is 0 Å². The molecule has 1 saturated heterocycles. The van der Waals surface area contributed by atoms with Crippen LogP contribution in [0.1, 0.15) is 47.0 Å². The molecule has 0 bridgehead atoms. The van der Waals surface area contributed by atoms with Crippen LogP contribution in [-0.2, 0) is 4.79 Å². The number of hydrogen-bond donors (Lipinski definition) is 2. The van der Waals surface area contributed by atoms with Crippen LogP contribution in [0.3, 0.4) is 0 Å². The van der Waals surface area contributed by atoms with Gasteiger partial charge in [-0.15, -0.1) is 0 Å². The largest absolute Gasteiger partial charge is 0.294 e. The zero-order chi connectivity index (χ0) is 12.3. The number of carbonyl (C=O) groups excluding carboxylic acids is 1. The first-order valence-electron chi connectivity index (χ1n) is 6.30. The first-order valence-corrected chi connectivity index (χ1v) is 6.30. The predicted molar refractivity (Wildman–Crippen MR) is 65.6 cm³/mol. The van der Waals surface area contributed by atoms with Crippen molar-refractivity contribution >= 4 is 5.91 Å². The molecule has 0 radical (unpaired) electrons. The van der Waals surface area contributed by atoms with Crippen molar-refractivity contribution in [3.63, 3.8) is 0 Å². The van der Waals surface area contributed by atoms with Gasteiger partial charge in [0.05, 0.1) is 5.92 Å². The van der Waals surface area contributed by atoms with Crippen LogP contribution in [0.25, 0.3) is 0 Å². The predicted octanol–water partition coefficient (Wildman–Crippen LogP) is 1.26. The van der Waals surface area contributed by atoms with E-state index in [0.717, 1.165) is 6.42 Å². The molecular weight excluding hydrogens is 202 g/mol. The van der Waals surface area contributed by atoms with Crippen LogP contribution in [0.15, 0.2) is 0 Å². The minimum Gasteiger partial charge on any atom is -0.294 e. The maximum atomic E-state index is 11.5. The molecule has 0 aromatic heterocycles. The Morgan fingerprint density at radius 1 is 1.50 bits per heavy atom. The van der Waals surface area contributed by atoms with Crippen molar-refractivity contribution in [2.75, 3.05) is 0 Å². The molecule has 1 aliphatic rings. The normalized spacial score (nSPS) is 30.1. The highest BCUT2D eigenvalue weighted by atomic mass is 16.2. The fraction of sp³-hybridized carbons (Fsp3) is 0.917. The topological polar surface area (TPSA) is 58.4 Å². The summed E-state index contributed by atoms with van der Waals surface area (Å²) in [5, 5.41) is 0. The lowest BCUT2D eigenvalue weighted by Crippen LogP contribution is -2.49. The summed E-state index contributed by atoms with van der Waals surface area (Å²) in [5.41, 5.74) is 2.25. The van der Waals surface area contributed by atoms with Crippen LogP contribution < -0.4 is 11.3 Å². The van der Waals surface area contributed by atoms with Gasteiger partial charge in [-0.25, -0.2) is 5.84 Å². The second-order valence-electron chi connectivity index (χ2n) is 4.97. The quantitative estimate of drug-likeness (QED) is 0.432. The molecule has 4 atom stereocenters. The molecule has 1 aliphatic heterocycles. The molecule has 0 saturated carbocycles. The van der Waals surface area contributed by atoms with Gasteiger partial charge in [0.25, 0.3) is 0 Å². The van der Waals surface area contributed by atoms with Gasteiger partial charge < -0.3 is 0 Å². The molecule has 4 heteroatoms. The Bertz CT molecular complexity index is 244. The lowest BCUT2D eigenvalue weighted by atomic mass is 9.99. The van der Waals surface area contributed by atoms with Crippen molar-refractivity contribution in [1.82, 2.24) is 10.3 Å². The molecule has 0 aliphatic carbocycles. The van der Waals surface area contributed by atoms with Crippen LogP contribution >= 0.6 is 0 Å². The van der Waals surface area contributed by atoms with Crippen molar-refractivity contribution in [1.29, 1.82) is 0 Å². The maximum absolute atomic E-state index is 11.5. The molecule has 1 heterocycles. The molecule has 0 aromatic carbocycles. The lowest BCUT2D eigenvalue weighted by molar-refractivity contribution is -0.126. The highest BCUT2D eigenvalue weighted by Gasteiger charge is 2.36. The minimum absolute atomic E-state index is 0.0559.